The van der Waals surface area contributed by atoms with E-state index < -0.39 is 11.2 Å². The molecule has 0 amide bonds. The van der Waals surface area contributed by atoms with Gasteiger partial charge in [0.25, 0.3) is 0 Å². The number of carboxylic acids is 1. The maximum atomic E-state index is 10.3. The SMILES string of the molecule is CCCCCCC(S)C(=O)O.N#N. The van der Waals surface area contributed by atoms with Crippen molar-refractivity contribution in [3.8, 4) is 0 Å². The van der Waals surface area contributed by atoms with Crippen molar-refractivity contribution in [2.45, 2.75) is 44.3 Å². The van der Waals surface area contributed by atoms with Crippen LogP contribution in [0.5, 0.6) is 0 Å². The molecule has 1 atom stereocenters. The summed E-state index contributed by atoms with van der Waals surface area (Å²) in [6.07, 6.45) is 5.18. The van der Waals surface area contributed by atoms with Gasteiger partial charge in [0.05, 0.1) is 5.25 Å². The predicted octanol–water partition coefficient (Wildman–Crippen LogP) is 2.37. The lowest BCUT2D eigenvalue weighted by Gasteiger charge is -2.03. The number of aliphatic carboxylic acids is 1. The third-order valence-electron chi connectivity index (χ3n) is 1.62. The zero-order valence-electron chi connectivity index (χ0n) is 7.81. The van der Waals surface area contributed by atoms with E-state index in [0.717, 1.165) is 12.8 Å². The minimum absolute atomic E-state index is 0.466. The Kier molecular flexibility index (Phi) is 12.8. The van der Waals surface area contributed by atoms with Gasteiger partial charge in [-0.25, -0.2) is 0 Å². The third kappa shape index (κ3) is 11.2. The maximum absolute atomic E-state index is 10.3. The van der Waals surface area contributed by atoms with Gasteiger partial charge in [-0.05, 0) is 6.42 Å². The van der Waals surface area contributed by atoms with Crippen LogP contribution in [0, 0.1) is 10.8 Å². The Morgan fingerprint density at radius 3 is 2.31 bits per heavy atom. The van der Waals surface area contributed by atoms with Gasteiger partial charge >= 0.3 is 5.97 Å². The Balaban J connectivity index is 0. The Hall–Kier alpha value is -0.760. The summed E-state index contributed by atoms with van der Waals surface area (Å²) in [6, 6.07) is 0. The van der Waals surface area contributed by atoms with Crippen molar-refractivity contribution in [1.82, 2.24) is 0 Å². The summed E-state index contributed by atoms with van der Waals surface area (Å²) in [5.41, 5.74) is 0. The van der Waals surface area contributed by atoms with Crippen molar-refractivity contribution in [1.29, 1.82) is 10.8 Å². The quantitative estimate of drug-likeness (QED) is 0.395. The molecule has 0 aliphatic rings. The molecule has 0 radical (unpaired) electrons. The highest BCUT2D eigenvalue weighted by Crippen LogP contribution is 2.09. The van der Waals surface area contributed by atoms with Crippen LogP contribution in [0.1, 0.15) is 39.0 Å². The molecule has 0 bridgehead atoms. The molecule has 0 aromatic carbocycles. The largest absolute Gasteiger partial charge is 0.480 e. The predicted molar refractivity (Wildman–Crippen MR) is 52.6 cm³/mol. The lowest BCUT2D eigenvalue weighted by atomic mass is 10.1. The molecule has 0 fully saturated rings. The molecule has 0 aromatic heterocycles. The fraction of sp³-hybridized carbons (Fsp3) is 0.875. The molecule has 0 spiro atoms. The first-order valence-electron chi connectivity index (χ1n) is 4.29. The number of hydrogen-bond donors (Lipinski definition) is 2. The summed E-state index contributed by atoms with van der Waals surface area (Å²) in [7, 11) is 0. The third-order valence-corrected chi connectivity index (χ3v) is 2.10. The Labute approximate surface area is 84.2 Å². The van der Waals surface area contributed by atoms with Gasteiger partial charge in [-0.2, -0.15) is 12.6 Å². The van der Waals surface area contributed by atoms with E-state index >= 15 is 0 Å². The van der Waals surface area contributed by atoms with Crippen LogP contribution in [-0.2, 0) is 4.79 Å². The lowest BCUT2D eigenvalue weighted by Crippen LogP contribution is -2.12. The molecular weight excluding hydrogens is 188 g/mol. The molecule has 0 saturated heterocycles. The smallest absolute Gasteiger partial charge is 0.316 e. The summed E-state index contributed by atoms with van der Waals surface area (Å²) in [5, 5.41) is 20.0. The van der Waals surface area contributed by atoms with Gasteiger partial charge in [-0.3, -0.25) is 4.79 Å². The van der Waals surface area contributed by atoms with Crippen LogP contribution >= 0.6 is 12.6 Å². The van der Waals surface area contributed by atoms with E-state index in [1.165, 1.54) is 12.8 Å². The summed E-state index contributed by atoms with van der Waals surface area (Å²) in [6.45, 7) is 2.13. The molecule has 0 saturated carbocycles. The number of rotatable bonds is 6. The molecule has 1 unspecified atom stereocenters. The second-order valence-corrected chi connectivity index (χ2v) is 3.33. The van der Waals surface area contributed by atoms with E-state index in [1.54, 1.807) is 0 Å². The minimum atomic E-state index is -0.801. The van der Waals surface area contributed by atoms with Crippen LogP contribution in [0.2, 0.25) is 0 Å². The topological polar surface area (TPSA) is 84.9 Å². The van der Waals surface area contributed by atoms with Gasteiger partial charge in [0, 0.05) is 10.8 Å². The van der Waals surface area contributed by atoms with E-state index in [9.17, 15) is 4.79 Å². The van der Waals surface area contributed by atoms with E-state index in [1.807, 2.05) is 0 Å². The van der Waals surface area contributed by atoms with Gasteiger partial charge < -0.3 is 5.11 Å². The first-order chi connectivity index (χ1) is 6.18. The van der Waals surface area contributed by atoms with Gasteiger partial charge in [-0.1, -0.05) is 32.6 Å². The van der Waals surface area contributed by atoms with Crippen LogP contribution in [0.15, 0.2) is 0 Å². The molecule has 0 rings (SSSR count). The second kappa shape index (κ2) is 11.2. The number of carboxylic acid groups (broad SMARTS) is 1. The zero-order chi connectivity index (χ0) is 10.7. The number of unbranched alkanes of at least 4 members (excludes halogenated alkanes) is 3. The van der Waals surface area contributed by atoms with Crippen LogP contribution in [0.4, 0.5) is 0 Å². The molecule has 0 aromatic rings. The highest BCUT2D eigenvalue weighted by molar-refractivity contribution is 7.81. The van der Waals surface area contributed by atoms with Crippen LogP contribution in [-0.4, -0.2) is 16.3 Å². The highest BCUT2D eigenvalue weighted by atomic mass is 32.1. The van der Waals surface area contributed by atoms with E-state index in [2.05, 4.69) is 19.6 Å². The molecule has 13 heavy (non-hydrogen) atoms. The van der Waals surface area contributed by atoms with E-state index in [-0.39, 0.29) is 0 Å². The summed E-state index contributed by atoms with van der Waals surface area (Å²) < 4.78 is 0. The van der Waals surface area contributed by atoms with Gasteiger partial charge in [0.2, 0.25) is 0 Å². The normalized spacial score (nSPS) is 11.1. The van der Waals surface area contributed by atoms with Gasteiger partial charge in [0.15, 0.2) is 0 Å². The minimum Gasteiger partial charge on any atom is -0.480 e. The van der Waals surface area contributed by atoms with Crippen molar-refractivity contribution in [2.24, 2.45) is 0 Å². The van der Waals surface area contributed by atoms with Crippen LogP contribution in [0.25, 0.3) is 0 Å². The molecule has 0 aliphatic carbocycles. The Morgan fingerprint density at radius 2 is 1.92 bits per heavy atom. The van der Waals surface area contributed by atoms with Crippen molar-refractivity contribution < 1.29 is 9.90 Å². The van der Waals surface area contributed by atoms with Gasteiger partial charge in [-0.15, -0.1) is 0 Å². The van der Waals surface area contributed by atoms with Crippen LogP contribution < -0.4 is 0 Å². The van der Waals surface area contributed by atoms with Crippen molar-refractivity contribution in [3.63, 3.8) is 0 Å². The molecule has 0 heterocycles. The first-order valence-corrected chi connectivity index (χ1v) is 4.81. The molecular formula is C8H16N2O2S. The molecule has 0 aliphatic heterocycles. The molecule has 1 N–H and O–H groups in total. The maximum Gasteiger partial charge on any atom is 0.316 e. The van der Waals surface area contributed by atoms with Gasteiger partial charge in [0.1, 0.15) is 0 Å². The average Bonchev–Trinajstić information content (AvgIpc) is 2.15. The fourth-order valence-corrected chi connectivity index (χ4v) is 1.07. The summed E-state index contributed by atoms with van der Waals surface area (Å²) in [4.78, 5) is 10.3. The number of hydrogen-bond acceptors (Lipinski definition) is 4. The Bertz CT molecular complexity index is 150. The summed E-state index contributed by atoms with van der Waals surface area (Å²) in [5.74, 6) is -0.801. The number of thiol groups is 1. The average molecular weight is 204 g/mol. The fourth-order valence-electron chi connectivity index (χ4n) is 0.888. The zero-order valence-corrected chi connectivity index (χ0v) is 8.70. The first kappa shape index (κ1) is 14.7. The van der Waals surface area contributed by atoms with Crippen LogP contribution in [0.3, 0.4) is 0 Å². The molecule has 4 nitrogen and oxygen atoms in total. The molecule has 76 valence electrons. The monoisotopic (exact) mass is 204 g/mol. The number of nitrogens with zero attached hydrogens (tertiary/aromatic N) is 2. The number of carbonyl (C=O) groups is 1. The van der Waals surface area contributed by atoms with E-state index in [4.69, 9.17) is 15.9 Å². The molecule has 5 heteroatoms. The second-order valence-electron chi connectivity index (χ2n) is 2.70. The van der Waals surface area contributed by atoms with Crippen molar-refractivity contribution >= 4 is 18.6 Å². The Morgan fingerprint density at radius 1 is 1.38 bits per heavy atom. The highest BCUT2D eigenvalue weighted by Gasteiger charge is 2.09. The summed E-state index contributed by atoms with van der Waals surface area (Å²) >= 11 is 3.93. The standard InChI is InChI=1S/C8H16O2S.N2/c1-2-3-4-5-6-7(11)8(9)10;1-2/h7,11H,2-6H2,1H3,(H,9,10);. The lowest BCUT2D eigenvalue weighted by molar-refractivity contribution is -0.136. The van der Waals surface area contributed by atoms with Crippen molar-refractivity contribution in [3.05, 3.63) is 0 Å². The van der Waals surface area contributed by atoms with Crippen molar-refractivity contribution in [2.75, 3.05) is 0 Å². The van der Waals surface area contributed by atoms with E-state index in [0.29, 0.717) is 6.42 Å².